The van der Waals surface area contributed by atoms with E-state index >= 15 is 0 Å². The first kappa shape index (κ1) is 7.32. The van der Waals surface area contributed by atoms with Gasteiger partial charge < -0.3 is 10.2 Å². The number of fused-ring (bicyclic) bond motifs is 3. The summed E-state index contributed by atoms with van der Waals surface area (Å²) in [5.41, 5.74) is 2.30. The van der Waals surface area contributed by atoms with Gasteiger partial charge in [-0.15, -0.1) is 4.91 Å². The molecule has 14 heavy (non-hydrogen) atoms. The maximum absolute atomic E-state index is 10.7. The Balaban J connectivity index is 2.60. The van der Waals surface area contributed by atoms with Gasteiger partial charge in [0.05, 0.1) is 5.69 Å². The Morgan fingerprint density at radius 3 is 2.71 bits per heavy atom. The minimum atomic E-state index is 0.508. The van der Waals surface area contributed by atoms with Crippen LogP contribution in [0.15, 0.2) is 35.6 Å². The van der Waals surface area contributed by atoms with Crippen molar-refractivity contribution in [3.63, 3.8) is 0 Å². The van der Waals surface area contributed by atoms with Crippen molar-refractivity contribution in [3.05, 3.63) is 35.4 Å². The number of hydrogen-bond donors (Lipinski definition) is 2. The standard InChI is InChI=1S/C10H7N3O/c14-13-10-7-4-2-1-3-6(7)9-8(10)5-11-12-9/h1-5,11-12H. The Labute approximate surface area is 79.2 Å². The molecular weight excluding hydrogens is 178 g/mol. The van der Waals surface area contributed by atoms with Crippen molar-refractivity contribution in [2.24, 2.45) is 5.18 Å². The molecule has 0 bridgehead atoms. The highest BCUT2D eigenvalue weighted by atomic mass is 16.3. The summed E-state index contributed by atoms with van der Waals surface area (Å²) in [6, 6.07) is 7.72. The van der Waals surface area contributed by atoms with E-state index in [1.165, 1.54) is 0 Å². The zero-order valence-corrected chi connectivity index (χ0v) is 7.24. The largest absolute Gasteiger partial charge is 0.307 e. The molecular formula is C10H7N3O. The molecule has 2 aliphatic rings. The van der Waals surface area contributed by atoms with E-state index in [0.717, 1.165) is 22.0 Å². The Morgan fingerprint density at radius 1 is 1.14 bits per heavy atom. The van der Waals surface area contributed by atoms with Crippen molar-refractivity contribution in [3.8, 4) is 11.3 Å². The van der Waals surface area contributed by atoms with Gasteiger partial charge in [-0.1, -0.05) is 24.3 Å². The van der Waals surface area contributed by atoms with Gasteiger partial charge in [0.2, 0.25) is 0 Å². The van der Waals surface area contributed by atoms with Gasteiger partial charge in [0, 0.05) is 22.5 Å². The van der Waals surface area contributed by atoms with Crippen LogP contribution in [0.3, 0.4) is 0 Å². The highest BCUT2D eigenvalue weighted by Crippen LogP contribution is 2.42. The Kier molecular flexibility index (Phi) is 1.28. The number of nitroso groups, excluding NO2 is 1. The molecule has 1 aromatic carbocycles. The van der Waals surface area contributed by atoms with E-state index in [-0.39, 0.29) is 0 Å². The molecule has 1 heterocycles. The number of benzene rings is 1. The van der Waals surface area contributed by atoms with Gasteiger partial charge in [0.25, 0.3) is 0 Å². The number of H-pyrrole nitrogens is 2. The van der Waals surface area contributed by atoms with Gasteiger partial charge in [0.15, 0.2) is 0 Å². The molecule has 1 aromatic rings. The third-order valence-electron chi connectivity index (χ3n) is 2.48. The lowest BCUT2D eigenvalue weighted by atomic mass is 10.2. The number of aromatic nitrogens is 2. The molecule has 68 valence electrons. The summed E-state index contributed by atoms with van der Waals surface area (Å²) >= 11 is 0. The molecule has 0 fully saturated rings. The van der Waals surface area contributed by atoms with Crippen molar-refractivity contribution in [1.29, 1.82) is 0 Å². The molecule has 0 radical (unpaired) electrons. The molecule has 4 nitrogen and oxygen atoms in total. The molecule has 4 heteroatoms. The zero-order chi connectivity index (χ0) is 9.54. The van der Waals surface area contributed by atoms with Crippen LogP contribution < -0.4 is 0 Å². The van der Waals surface area contributed by atoms with Crippen molar-refractivity contribution >= 4 is 16.5 Å². The highest BCUT2D eigenvalue weighted by molar-refractivity contribution is 6.10. The van der Waals surface area contributed by atoms with Gasteiger partial charge in [-0.05, 0) is 5.18 Å². The first-order valence-corrected chi connectivity index (χ1v) is 4.31. The van der Waals surface area contributed by atoms with Gasteiger partial charge in [-0.25, -0.2) is 0 Å². The summed E-state index contributed by atoms with van der Waals surface area (Å²) in [7, 11) is 0. The fourth-order valence-electron chi connectivity index (χ4n) is 1.87. The van der Waals surface area contributed by atoms with Crippen LogP contribution in [0.1, 0.15) is 0 Å². The maximum Gasteiger partial charge on any atom is 0.126 e. The number of hydrogen-bond acceptors (Lipinski definition) is 2. The van der Waals surface area contributed by atoms with E-state index in [4.69, 9.17) is 0 Å². The van der Waals surface area contributed by atoms with Gasteiger partial charge in [-0.2, -0.15) is 0 Å². The summed E-state index contributed by atoms with van der Waals surface area (Å²) in [6.45, 7) is 0. The van der Waals surface area contributed by atoms with Crippen LogP contribution in [-0.4, -0.2) is 10.2 Å². The van der Waals surface area contributed by atoms with Crippen molar-refractivity contribution in [2.45, 2.75) is 0 Å². The first-order chi connectivity index (χ1) is 6.92. The summed E-state index contributed by atoms with van der Waals surface area (Å²) < 4.78 is 0. The number of rotatable bonds is 1. The van der Waals surface area contributed by atoms with Crippen molar-refractivity contribution in [2.75, 3.05) is 0 Å². The van der Waals surface area contributed by atoms with Gasteiger partial charge in [-0.3, -0.25) is 0 Å². The van der Waals surface area contributed by atoms with Crippen LogP contribution in [0.5, 0.6) is 0 Å². The van der Waals surface area contributed by atoms with Crippen LogP contribution in [0.4, 0.5) is 5.69 Å². The zero-order valence-electron chi connectivity index (χ0n) is 7.24. The Bertz CT molecular complexity index is 578. The van der Waals surface area contributed by atoms with Crippen LogP contribution >= 0.6 is 0 Å². The highest BCUT2D eigenvalue weighted by Gasteiger charge is 2.18. The molecule has 0 unspecified atom stereocenters. The van der Waals surface area contributed by atoms with Crippen LogP contribution in [0.2, 0.25) is 0 Å². The van der Waals surface area contributed by atoms with Gasteiger partial charge in [0.1, 0.15) is 5.69 Å². The predicted molar refractivity (Wildman–Crippen MR) is 54.7 cm³/mol. The molecule has 1 aliphatic heterocycles. The van der Waals surface area contributed by atoms with Crippen LogP contribution in [0, 0.1) is 4.91 Å². The normalized spacial score (nSPS) is 11.1. The number of aromatic amines is 2. The lowest BCUT2D eigenvalue weighted by Crippen LogP contribution is -1.69. The Morgan fingerprint density at radius 2 is 1.93 bits per heavy atom. The molecule has 2 N–H and O–H groups in total. The van der Waals surface area contributed by atoms with Crippen molar-refractivity contribution < 1.29 is 0 Å². The molecule has 0 spiro atoms. The van der Waals surface area contributed by atoms with E-state index in [2.05, 4.69) is 15.4 Å². The molecule has 3 rings (SSSR count). The Hall–Kier alpha value is -2.10. The first-order valence-electron chi connectivity index (χ1n) is 4.31. The van der Waals surface area contributed by atoms with Gasteiger partial charge >= 0.3 is 0 Å². The molecule has 0 aromatic heterocycles. The minimum absolute atomic E-state index is 0.508. The summed E-state index contributed by atoms with van der Waals surface area (Å²) in [4.78, 5) is 10.7. The predicted octanol–water partition coefficient (Wildman–Crippen LogP) is 3.00. The van der Waals surface area contributed by atoms with Crippen molar-refractivity contribution in [1.82, 2.24) is 10.2 Å². The lowest BCUT2D eigenvalue weighted by Gasteiger charge is -1.88. The molecule has 0 saturated carbocycles. The smallest absolute Gasteiger partial charge is 0.126 e. The molecule has 0 atom stereocenters. The average molecular weight is 185 g/mol. The van der Waals surface area contributed by atoms with E-state index in [1.807, 2.05) is 24.3 Å². The topological polar surface area (TPSA) is 61.0 Å². The quantitative estimate of drug-likeness (QED) is 0.562. The molecule has 0 saturated heterocycles. The fraction of sp³-hybridized carbons (Fsp3) is 0. The maximum atomic E-state index is 10.7. The van der Waals surface area contributed by atoms with E-state index in [9.17, 15) is 4.91 Å². The molecule has 1 aliphatic carbocycles. The summed E-state index contributed by atoms with van der Waals surface area (Å²) in [5, 5.41) is 10.9. The summed E-state index contributed by atoms with van der Waals surface area (Å²) in [5.74, 6) is 0. The second kappa shape index (κ2) is 2.45. The monoisotopic (exact) mass is 185 g/mol. The second-order valence-corrected chi connectivity index (χ2v) is 3.19. The SMILES string of the molecule is O=Nc1c2c[nH][nH]c-2c2ccccc12. The second-order valence-electron chi connectivity index (χ2n) is 3.19. The minimum Gasteiger partial charge on any atom is -0.307 e. The lowest BCUT2D eigenvalue weighted by molar-refractivity contribution is 1.11. The van der Waals surface area contributed by atoms with E-state index in [1.54, 1.807) is 6.20 Å². The molecule has 0 amide bonds. The average Bonchev–Trinajstić information content (AvgIpc) is 2.77. The number of nitrogens with zero attached hydrogens (tertiary/aromatic N) is 1. The van der Waals surface area contributed by atoms with E-state index in [0.29, 0.717) is 5.69 Å². The summed E-state index contributed by atoms with van der Waals surface area (Å²) in [6.07, 6.45) is 1.76. The third-order valence-corrected chi connectivity index (χ3v) is 2.48. The van der Waals surface area contributed by atoms with Crippen LogP contribution in [-0.2, 0) is 0 Å². The third kappa shape index (κ3) is 0.724. The fourth-order valence-corrected chi connectivity index (χ4v) is 1.87. The van der Waals surface area contributed by atoms with Crippen LogP contribution in [0.25, 0.3) is 22.0 Å². The van der Waals surface area contributed by atoms with E-state index < -0.39 is 0 Å². The number of nitrogens with one attached hydrogen (secondary N) is 2.